The lowest BCUT2D eigenvalue weighted by atomic mass is 10.2. The van der Waals surface area contributed by atoms with Gasteiger partial charge in [-0.15, -0.1) is 0 Å². The fourth-order valence-corrected chi connectivity index (χ4v) is 6.93. The van der Waals surface area contributed by atoms with Crippen molar-refractivity contribution in [3.8, 4) is 5.75 Å². The summed E-state index contributed by atoms with van der Waals surface area (Å²) in [6.45, 7) is 8.29. The minimum absolute atomic E-state index is 0.0874. The maximum absolute atomic E-state index is 13.7. The van der Waals surface area contributed by atoms with Crippen LogP contribution in [0, 0.1) is 0 Å². The Morgan fingerprint density at radius 1 is 0.848 bits per heavy atom. The minimum atomic E-state index is -4.26. The fraction of sp³-hybridized carbons (Fsp3) is 0.375. The number of morpholine rings is 1. The number of nitrogens with one attached hydrogen (secondary N) is 1. The Kier molecular flexibility index (Phi) is 11.8. The van der Waals surface area contributed by atoms with Crippen molar-refractivity contribution in [2.24, 2.45) is 0 Å². The number of piperazine rings is 1. The molecule has 0 radical (unpaired) electrons. The molecule has 0 unspecified atom stereocenters. The number of rotatable bonds is 12. The summed E-state index contributed by atoms with van der Waals surface area (Å²) in [6, 6.07) is 18.1. The number of hydrogen-bond donors (Lipinski definition) is 1. The highest BCUT2D eigenvalue weighted by molar-refractivity contribution is 7.92. The van der Waals surface area contributed by atoms with Gasteiger partial charge in [-0.2, -0.15) is 8.42 Å². The van der Waals surface area contributed by atoms with Crippen LogP contribution in [0.25, 0.3) is 0 Å². The lowest BCUT2D eigenvalue weighted by Crippen LogP contribution is -2.51. The first-order chi connectivity index (χ1) is 22.2. The zero-order chi connectivity index (χ0) is 32.5. The van der Waals surface area contributed by atoms with Crippen molar-refractivity contribution in [1.82, 2.24) is 20.0 Å². The van der Waals surface area contributed by atoms with Gasteiger partial charge in [0, 0.05) is 49.9 Å². The van der Waals surface area contributed by atoms with Crippen LogP contribution >= 0.6 is 23.2 Å². The van der Waals surface area contributed by atoms with Gasteiger partial charge in [-0.3, -0.25) is 19.4 Å². The van der Waals surface area contributed by atoms with E-state index in [1.54, 1.807) is 35.2 Å². The van der Waals surface area contributed by atoms with Gasteiger partial charge in [-0.05, 0) is 74.1 Å². The number of halogens is 2. The zero-order valence-electron chi connectivity index (χ0n) is 25.3. The monoisotopic (exact) mass is 689 g/mol. The van der Waals surface area contributed by atoms with Gasteiger partial charge in [-0.1, -0.05) is 45.9 Å². The highest BCUT2D eigenvalue weighted by Crippen LogP contribution is 2.32. The minimum Gasteiger partial charge on any atom is -0.379 e. The van der Waals surface area contributed by atoms with Crippen LogP contribution in [0.3, 0.4) is 0 Å². The predicted octanol–water partition coefficient (Wildman–Crippen LogP) is 3.78. The molecule has 11 nitrogen and oxygen atoms in total. The number of para-hydroxylation sites is 1. The third-order valence-corrected chi connectivity index (χ3v) is 9.97. The van der Waals surface area contributed by atoms with Gasteiger partial charge in [-0.25, -0.2) is 0 Å². The van der Waals surface area contributed by atoms with Crippen molar-refractivity contribution in [3.05, 3.63) is 88.4 Å². The molecule has 5 rings (SSSR count). The second kappa shape index (κ2) is 15.9. The molecule has 0 saturated carbocycles. The molecule has 246 valence electrons. The Morgan fingerprint density at radius 2 is 1.50 bits per heavy atom. The van der Waals surface area contributed by atoms with Crippen molar-refractivity contribution in [2.45, 2.75) is 11.3 Å². The molecule has 1 N–H and O–H groups in total. The van der Waals surface area contributed by atoms with Crippen molar-refractivity contribution in [1.29, 1.82) is 0 Å². The number of nitrogens with zero attached hydrogens (tertiary/aromatic N) is 4. The molecule has 2 fully saturated rings. The van der Waals surface area contributed by atoms with E-state index in [4.69, 9.17) is 32.8 Å². The van der Waals surface area contributed by atoms with Crippen LogP contribution in [0.1, 0.15) is 16.8 Å². The van der Waals surface area contributed by atoms with E-state index in [-0.39, 0.29) is 39.4 Å². The van der Waals surface area contributed by atoms with Crippen molar-refractivity contribution in [3.63, 3.8) is 0 Å². The Labute approximate surface area is 279 Å². The van der Waals surface area contributed by atoms with E-state index < -0.39 is 15.9 Å². The van der Waals surface area contributed by atoms with E-state index in [0.29, 0.717) is 18.1 Å². The van der Waals surface area contributed by atoms with Crippen LogP contribution in [0.4, 0.5) is 5.69 Å². The molecule has 3 aromatic carbocycles. The molecule has 46 heavy (non-hydrogen) atoms. The number of ether oxygens (including phenoxy) is 1. The van der Waals surface area contributed by atoms with Crippen molar-refractivity contribution >= 4 is 50.7 Å². The molecule has 3 aromatic rings. The van der Waals surface area contributed by atoms with Crippen LogP contribution in [0.5, 0.6) is 5.75 Å². The predicted molar refractivity (Wildman–Crippen MR) is 177 cm³/mol. The highest BCUT2D eigenvalue weighted by atomic mass is 35.5. The third kappa shape index (κ3) is 8.90. The molecule has 14 heteroatoms. The largest absolute Gasteiger partial charge is 0.379 e. The van der Waals surface area contributed by atoms with E-state index in [1.807, 2.05) is 0 Å². The van der Waals surface area contributed by atoms with Crippen molar-refractivity contribution < 1.29 is 27.6 Å². The van der Waals surface area contributed by atoms with E-state index in [9.17, 15) is 18.0 Å². The fourth-order valence-electron chi connectivity index (χ4n) is 5.24. The number of carbonyl (C=O) groups is 2. The molecule has 2 aliphatic rings. The number of anilines is 1. The Balaban J connectivity index is 1.13. The highest BCUT2D eigenvalue weighted by Gasteiger charge is 2.29. The molecule has 2 amide bonds. The van der Waals surface area contributed by atoms with Crippen LogP contribution in [0.2, 0.25) is 10.0 Å². The number of benzene rings is 3. The summed E-state index contributed by atoms with van der Waals surface area (Å²) >= 11 is 12.2. The van der Waals surface area contributed by atoms with Gasteiger partial charge in [0.2, 0.25) is 5.91 Å². The van der Waals surface area contributed by atoms with E-state index >= 15 is 0 Å². The van der Waals surface area contributed by atoms with Gasteiger partial charge in [0.1, 0.15) is 0 Å². The molecule has 0 spiro atoms. The molecule has 2 heterocycles. The normalized spacial score (nSPS) is 16.2. The molecular weight excluding hydrogens is 653 g/mol. The topological polar surface area (TPSA) is 112 Å². The smallest absolute Gasteiger partial charge is 0.295 e. The Morgan fingerprint density at radius 3 is 2.15 bits per heavy atom. The van der Waals surface area contributed by atoms with Crippen LogP contribution in [-0.2, 0) is 19.6 Å². The van der Waals surface area contributed by atoms with Gasteiger partial charge < -0.3 is 19.8 Å². The maximum atomic E-state index is 13.7. The lowest BCUT2D eigenvalue weighted by Gasteiger charge is -2.35. The summed E-state index contributed by atoms with van der Waals surface area (Å²) in [4.78, 5) is 37.9. The first-order valence-corrected chi connectivity index (χ1v) is 17.3. The summed E-state index contributed by atoms with van der Waals surface area (Å²) in [7, 11) is -4.26. The Hall–Kier alpha value is -3.39. The number of sulfonamides is 1. The summed E-state index contributed by atoms with van der Waals surface area (Å²) < 4.78 is 33.6. The third-order valence-electron chi connectivity index (χ3n) is 7.85. The van der Waals surface area contributed by atoms with Crippen LogP contribution < -0.4 is 14.6 Å². The van der Waals surface area contributed by atoms with Crippen molar-refractivity contribution in [2.75, 3.05) is 76.6 Å². The molecule has 0 bridgehead atoms. The first-order valence-electron chi connectivity index (χ1n) is 15.1. The lowest BCUT2D eigenvalue weighted by molar-refractivity contribution is -0.131. The SMILES string of the molecule is O=C(NCC(=O)N1CCN(CCCN2CCOCC2)CC1)c1ccc(S(=O)(=O)N(Oc2ccc(Cl)cc2Cl)c2ccccc2)cc1. The van der Waals surface area contributed by atoms with E-state index in [0.717, 1.165) is 63.4 Å². The van der Waals surface area contributed by atoms with E-state index in [1.165, 1.54) is 42.5 Å². The quantitative estimate of drug-likeness (QED) is 0.286. The average Bonchev–Trinajstić information content (AvgIpc) is 3.08. The average molecular weight is 691 g/mol. The van der Waals surface area contributed by atoms with Gasteiger partial charge in [0.15, 0.2) is 5.75 Å². The van der Waals surface area contributed by atoms with Gasteiger partial charge in [0.05, 0.1) is 35.4 Å². The van der Waals surface area contributed by atoms with Crippen LogP contribution in [0.15, 0.2) is 77.7 Å². The van der Waals surface area contributed by atoms with Gasteiger partial charge >= 0.3 is 0 Å². The summed E-state index contributed by atoms with van der Waals surface area (Å²) in [5, 5.41) is 3.16. The zero-order valence-corrected chi connectivity index (χ0v) is 27.6. The molecule has 0 aliphatic carbocycles. The number of hydrogen-bond acceptors (Lipinski definition) is 8. The number of carbonyl (C=O) groups excluding carboxylic acids is 2. The first kappa shape index (κ1) is 34.0. The molecule has 0 aromatic heterocycles. The van der Waals surface area contributed by atoms with Crippen LogP contribution in [-0.4, -0.2) is 107 Å². The second-order valence-electron chi connectivity index (χ2n) is 11.0. The van der Waals surface area contributed by atoms with Gasteiger partial charge in [0.25, 0.3) is 15.9 Å². The maximum Gasteiger partial charge on any atom is 0.295 e. The summed E-state index contributed by atoms with van der Waals surface area (Å²) in [5.74, 6) is -0.551. The molecule has 2 saturated heterocycles. The molecule has 2 aliphatic heterocycles. The number of amides is 2. The standard InChI is InChI=1S/C32H37Cl2N5O6S/c33-26-9-12-30(29(34)23-26)45-39(27-5-2-1-3-6-27)46(42,43)28-10-7-25(8-11-28)32(41)35-24-31(40)38-17-15-36(16-18-38)13-4-14-37-19-21-44-22-20-37/h1-3,5-12,23H,4,13-22,24H2,(H,35,41). The molecule has 0 atom stereocenters. The summed E-state index contributed by atoms with van der Waals surface area (Å²) in [6.07, 6.45) is 1.08. The Bertz CT molecular complexity index is 1580. The summed E-state index contributed by atoms with van der Waals surface area (Å²) in [5.41, 5.74) is 0.451. The van der Waals surface area contributed by atoms with E-state index in [2.05, 4.69) is 15.1 Å². The second-order valence-corrected chi connectivity index (χ2v) is 13.6. The molecular formula is C32H37Cl2N5O6S.